The van der Waals surface area contributed by atoms with Crippen molar-refractivity contribution in [2.45, 2.75) is 46.0 Å². The van der Waals surface area contributed by atoms with E-state index in [1.807, 2.05) is 13.0 Å². The Hall–Kier alpha value is -1.31. The molecule has 0 aromatic heterocycles. The molecule has 100 valence electrons. The minimum atomic E-state index is 0.171. The Balaban J connectivity index is 2.47. The van der Waals surface area contributed by atoms with Gasteiger partial charge < -0.3 is 5.32 Å². The molecule has 1 rings (SSSR count). The van der Waals surface area contributed by atoms with Crippen LogP contribution in [0.5, 0.6) is 0 Å². The third-order valence-corrected chi connectivity index (χ3v) is 3.25. The summed E-state index contributed by atoms with van der Waals surface area (Å²) in [6.07, 6.45) is 5.25. The molecule has 0 fully saturated rings. The molecule has 0 aliphatic rings. The fraction of sp³-hybridized carbons (Fsp3) is 0.562. The van der Waals surface area contributed by atoms with Gasteiger partial charge in [0.25, 0.3) is 0 Å². The van der Waals surface area contributed by atoms with E-state index >= 15 is 0 Å². The van der Waals surface area contributed by atoms with Crippen LogP contribution in [0.2, 0.25) is 0 Å². The molecule has 0 bridgehead atoms. The highest BCUT2D eigenvalue weighted by Gasteiger charge is 2.16. The number of amides is 1. The number of carbonyl (C=O) groups is 1. The van der Waals surface area contributed by atoms with Gasteiger partial charge in [-0.25, -0.2) is 0 Å². The third-order valence-electron chi connectivity index (χ3n) is 3.25. The number of aryl methyl sites for hydroxylation is 1. The van der Waals surface area contributed by atoms with Gasteiger partial charge >= 0.3 is 0 Å². The SMILES string of the molecule is CCCC[C@@H](CCc1ccccc1)C(=O)NCC. The second-order valence-electron chi connectivity index (χ2n) is 4.76. The largest absolute Gasteiger partial charge is 0.356 e. The predicted octanol–water partition coefficient (Wildman–Crippen LogP) is 3.56. The van der Waals surface area contributed by atoms with Gasteiger partial charge in [0.05, 0.1) is 0 Å². The molecule has 1 N–H and O–H groups in total. The third kappa shape index (κ3) is 5.35. The Bertz CT molecular complexity index is 334. The van der Waals surface area contributed by atoms with E-state index in [1.165, 1.54) is 5.56 Å². The minimum Gasteiger partial charge on any atom is -0.356 e. The molecule has 1 aromatic rings. The van der Waals surface area contributed by atoms with Gasteiger partial charge in [-0.2, -0.15) is 0 Å². The molecule has 0 saturated carbocycles. The molecule has 0 aliphatic heterocycles. The summed E-state index contributed by atoms with van der Waals surface area (Å²) in [4.78, 5) is 12.0. The lowest BCUT2D eigenvalue weighted by molar-refractivity contribution is -0.125. The van der Waals surface area contributed by atoms with Crippen LogP contribution in [0.15, 0.2) is 30.3 Å². The summed E-state index contributed by atoms with van der Waals surface area (Å²) < 4.78 is 0. The molecule has 2 nitrogen and oxygen atoms in total. The van der Waals surface area contributed by atoms with Crippen molar-refractivity contribution in [2.24, 2.45) is 5.92 Å². The van der Waals surface area contributed by atoms with Crippen LogP contribution in [0.4, 0.5) is 0 Å². The highest BCUT2D eigenvalue weighted by molar-refractivity contribution is 5.78. The van der Waals surface area contributed by atoms with E-state index in [0.29, 0.717) is 0 Å². The Morgan fingerprint density at radius 2 is 1.89 bits per heavy atom. The van der Waals surface area contributed by atoms with Crippen molar-refractivity contribution in [1.29, 1.82) is 0 Å². The first-order valence-electron chi connectivity index (χ1n) is 7.09. The number of hydrogen-bond acceptors (Lipinski definition) is 1. The van der Waals surface area contributed by atoms with Gasteiger partial charge in [0.15, 0.2) is 0 Å². The van der Waals surface area contributed by atoms with E-state index in [4.69, 9.17) is 0 Å². The van der Waals surface area contributed by atoms with Crippen LogP contribution in [0, 0.1) is 5.92 Å². The standard InChI is InChI=1S/C16H25NO/c1-3-5-11-15(16(18)17-4-2)13-12-14-9-7-6-8-10-14/h6-10,15H,3-5,11-13H2,1-2H3,(H,17,18)/t15-/m0/s1. The molecule has 0 unspecified atom stereocenters. The lowest BCUT2D eigenvalue weighted by Gasteiger charge is -2.15. The Labute approximate surface area is 111 Å². The summed E-state index contributed by atoms with van der Waals surface area (Å²) in [6, 6.07) is 10.4. The first kappa shape index (κ1) is 14.7. The van der Waals surface area contributed by atoms with Crippen LogP contribution in [0.25, 0.3) is 0 Å². The molecule has 1 aromatic carbocycles. The predicted molar refractivity (Wildman–Crippen MR) is 76.5 cm³/mol. The average molecular weight is 247 g/mol. The first-order chi connectivity index (χ1) is 8.77. The number of benzene rings is 1. The van der Waals surface area contributed by atoms with Crippen molar-refractivity contribution in [1.82, 2.24) is 5.32 Å². The zero-order valence-electron chi connectivity index (χ0n) is 11.6. The lowest BCUT2D eigenvalue weighted by Crippen LogP contribution is -2.30. The zero-order valence-corrected chi connectivity index (χ0v) is 11.6. The van der Waals surface area contributed by atoms with Crippen molar-refractivity contribution < 1.29 is 4.79 Å². The molecule has 0 aliphatic carbocycles. The Morgan fingerprint density at radius 1 is 1.17 bits per heavy atom. The van der Waals surface area contributed by atoms with E-state index in [9.17, 15) is 4.79 Å². The molecule has 2 heteroatoms. The van der Waals surface area contributed by atoms with Gasteiger partial charge in [-0.05, 0) is 31.7 Å². The van der Waals surface area contributed by atoms with Crippen LogP contribution < -0.4 is 5.32 Å². The van der Waals surface area contributed by atoms with Crippen LogP contribution in [0.3, 0.4) is 0 Å². The van der Waals surface area contributed by atoms with Gasteiger partial charge in [0.1, 0.15) is 0 Å². The maximum absolute atomic E-state index is 12.0. The zero-order chi connectivity index (χ0) is 13.2. The van der Waals surface area contributed by atoms with Crippen molar-refractivity contribution in [3.8, 4) is 0 Å². The average Bonchev–Trinajstić information content (AvgIpc) is 2.40. The van der Waals surface area contributed by atoms with Gasteiger partial charge in [0.2, 0.25) is 5.91 Å². The number of rotatable bonds is 8. The molecule has 1 amide bonds. The number of unbranched alkanes of at least 4 members (excludes halogenated alkanes) is 1. The molecule has 0 radical (unpaired) electrons. The molecule has 0 spiro atoms. The summed E-state index contributed by atoms with van der Waals surface area (Å²) >= 11 is 0. The molecule has 0 heterocycles. The monoisotopic (exact) mass is 247 g/mol. The van der Waals surface area contributed by atoms with E-state index in [0.717, 1.165) is 38.6 Å². The van der Waals surface area contributed by atoms with Crippen molar-refractivity contribution in [3.63, 3.8) is 0 Å². The highest BCUT2D eigenvalue weighted by atomic mass is 16.1. The maximum Gasteiger partial charge on any atom is 0.223 e. The maximum atomic E-state index is 12.0. The summed E-state index contributed by atoms with van der Waals surface area (Å²) in [5, 5.41) is 2.95. The summed E-state index contributed by atoms with van der Waals surface area (Å²) in [5.41, 5.74) is 1.32. The normalized spacial score (nSPS) is 12.1. The first-order valence-corrected chi connectivity index (χ1v) is 7.09. The van der Waals surface area contributed by atoms with Gasteiger partial charge in [0, 0.05) is 12.5 Å². The number of hydrogen-bond donors (Lipinski definition) is 1. The molecule has 1 atom stereocenters. The fourth-order valence-electron chi connectivity index (χ4n) is 2.16. The molecule has 0 saturated heterocycles. The number of carbonyl (C=O) groups excluding carboxylic acids is 1. The van der Waals surface area contributed by atoms with E-state index in [2.05, 4.69) is 36.5 Å². The summed E-state index contributed by atoms with van der Waals surface area (Å²) in [5.74, 6) is 0.395. The quantitative estimate of drug-likeness (QED) is 0.747. The van der Waals surface area contributed by atoms with Crippen molar-refractivity contribution >= 4 is 5.91 Å². The van der Waals surface area contributed by atoms with E-state index in [1.54, 1.807) is 0 Å². The second-order valence-corrected chi connectivity index (χ2v) is 4.76. The van der Waals surface area contributed by atoms with Crippen LogP contribution in [-0.4, -0.2) is 12.5 Å². The van der Waals surface area contributed by atoms with Crippen molar-refractivity contribution in [2.75, 3.05) is 6.54 Å². The minimum absolute atomic E-state index is 0.171. The van der Waals surface area contributed by atoms with Crippen LogP contribution in [-0.2, 0) is 11.2 Å². The van der Waals surface area contributed by atoms with Crippen molar-refractivity contribution in [3.05, 3.63) is 35.9 Å². The second kappa shape index (κ2) is 8.73. The Morgan fingerprint density at radius 3 is 2.50 bits per heavy atom. The Kier molecular flexibility index (Phi) is 7.16. The van der Waals surface area contributed by atoms with E-state index < -0.39 is 0 Å². The van der Waals surface area contributed by atoms with Gasteiger partial charge in [-0.1, -0.05) is 50.1 Å². The number of nitrogens with one attached hydrogen (secondary N) is 1. The fourth-order valence-corrected chi connectivity index (χ4v) is 2.16. The topological polar surface area (TPSA) is 29.1 Å². The molecule has 18 heavy (non-hydrogen) atoms. The van der Waals surface area contributed by atoms with Crippen LogP contribution >= 0.6 is 0 Å². The molecular weight excluding hydrogens is 222 g/mol. The van der Waals surface area contributed by atoms with E-state index in [-0.39, 0.29) is 11.8 Å². The smallest absolute Gasteiger partial charge is 0.223 e. The van der Waals surface area contributed by atoms with Crippen LogP contribution in [0.1, 0.15) is 45.1 Å². The molecular formula is C16H25NO. The summed E-state index contributed by atoms with van der Waals surface area (Å²) in [7, 11) is 0. The van der Waals surface area contributed by atoms with Gasteiger partial charge in [-0.3, -0.25) is 4.79 Å². The lowest BCUT2D eigenvalue weighted by atomic mass is 9.93. The van der Waals surface area contributed by atoms with Gasteiger partial charge in [-0.15, -0.1) is 0 Å². The summed E-state index contributed by atoms with van der Waals surface area (Å²) in [6.45, 7) is 4.88. The highest BCUT2D eigenvalue weighted by Crippen LogP contribution is 2.16.